The van der Waals surface area contributed by atoms with Gasteiger partial charge in [-0.15, -0.1) is 5.10 Å². The van der Waals surface area contributed by atoms with Crippen molar-refractivity contribution in [1.29, 1.82) is 0 Å². The molecule has 0 saturated heterocycles. The van der Waals surface area contributed by atoms with E-state index in [1.807, 2.05) is 30.3 Å². The summed E-state index contributed by atoms with van der Waals surface area (Å²) < 4.78 is 1.79. The third-order valence-corrected chi connectivity index (χ3v) is 2.68. The van der Waals surface area contributed by atoms with E-state index in [4.69, 9.17) is 5.73 Å². The van der Waals surface area contributed by atoms with E-state index in [1.54, 1.807) is 17.1 Å². The largest absolute Gasteiger partial charge is 0.326 e. The summed E-state index contributed by atoms with van der Waals surface area (Å²) in [6.45, 7) is 0.428. The molecule has 2 heterocycles. The number of benzene rings is 1. The average molecular weight is 225 g/mol. The van der Waals surface area contributed by atoms with Crippen molar-refractivity contribution in [2.45, 2.75) is 6.54 Å². The van der Waals surface area contributed by atoms with Gasteiger partial charge in [0.2, 0.25) is 0 Å². The smallest absolute Gasteiger partial charge is 0.113 e. The predicted molar refractivity (Wildman–Crippen MR) is 64.6 cm³/mol. The lowest BCUT2D eigenvalue weighted by molar-refractivity contribution is 0.808. The molecule has 5 nitrogen and oxygen atoms in total. The van der Waals surface area contributed by atoms with E-state index in [-0.39, 0.29) is 0 Å². The van der Waals surface area contributed by atoms with Crippen molar-refractivity contribution in [2.75, 3.05) is 0 Å². The van der Waals surface area contributed by atoms with E-state index in [2.05, 4.69) is 15.3 Å². The molecule has 0 aliphatic rings. The first-order valence-corrected chi connectivity index (χ1v) is 5.34. The SMILES string of the molecule is NCc1cnccc1-n1nnc2ccccc21. The van der Waals surface area contributed by atoms with Gasteiger partial charge in [0.05, 0.1) is 11.2 Å². The summed E-state index contributed by atoms with van der Waals surface area (Å²) in [6.07, 6.45) is 3.48. The molecular formula is C12H11N5. The Morgan fingerprint density at radius 2 is 2.06 bits per heavy atom. The first-order valence-electron chi connectivity index (χ1n) is 5.34. The lowest BCUT2D eigenvalue weighted by atomic mass is 10.2. The Kier molecular flexibility index (Phi) is 2.31. The zero-order chi connectivity index (χ0) is 11.7. The van der Waals surface area contributed by atoms with Gasteiger partial charge < -0.3 is 5.73 Å². The summed E-state index contributed by atoms with van der Waals surface area (Å²) in [7, 11) is 0. The molecule has 2 N–H and O–H groups in total. The molecule has 3 aromatic rings. The van der Waals surface area contributed by atoms with Crippen molar-refractivity contribution in [3.8, 4) is 5.69 Å². The second-order valence-corrected chi connectivity index (χ2v) is 3.70. The summed E-state index contributed by atoms with van der Waals surface area (Å²) in [6, 6.07) is 9.71. The highest BCUT2D eigenvalue weighted by molar-refractivity contribution is 5.76. The predicted octanol–water partition coefficient (Wildman–Crippen LogP) is 1.27. The van der Waals surface area contributed by atoms with Gasteiger partial charge in [-0.1, -0.05) is 17.3 Å². The fraction of sp³-hybridized carbons (Fsp3) is 0.0833. The third kappa shape index (κ3) is 1.57. The molecular weight excluding hydrogens is 214 g/mol. The molecule has 0 fully saturated rings. The van der Waals surface area contributed by atoms with Crippen LogP contribution < -0.4 is 5.73 Å². The number of nitrogens with zero attached hydrogens (tertiary/aromatic N) is 4. The molecule has 0 amide bonds. The molecule has 17 heavy (non-hydrogen) atoms. The number of hydrogen-bond acceptors (Lipinski definition) is 4. The summed E-state index contributed by atoms with van der Waals surface area (Å²) in [4.78, 5) is 4.06. The summed E-state index contributed by atoms with van der Waals surface area (Å²) in [5.74, 6) is 0. The monoisotopic (exact) mass is 225 g/mol. The molecule has 0 radical (unpaired) electrons. The van der Waals surface area contributed by atoms with Gasteiger partial charge in [0.25, 0.3) is 0 Å². The lowest BCUT2D eigenvalue weighted by Crippen LogP contribution is -2.06. The fourth-order valence-corrected chi connectivity index (χ4v) is 1.83. The van der Waals surface area contributed by atoms with Crippen molar-refractivity contribution in [1.82, 2.24) is 20.0 Å². The zero-order valence-electron chi connectivity index (χ0n) is 9.11. The van der Waals surface area contributed by atoms with E-state index >= 15 is 0 Å². The molecule has 84 valence electrons. The van der Waals surface area contributed by atoms with Crippen LogP contribution in [0.2, 0.25) is 0 Å². The minimum absolute atomic E-state index is 0.428. The third-order valence-electron chi connectivity index (χ3n) is 2.68. The Morgan fingerprint density at radius 3 is 2.94 bits per heavy atom. The highest BCUT2D eigenvalue weighted by atomic mass is 15.4. The Labute approximate surface area is 97.9 Å². The van der Waals surface area contributed by atoms with Gasteiger partial charge in [-0.05, 0) is 18.2 Å². The number of rotatable bonds is 2. The molecule has 0 spiro atoms. The maximum Gasteiger partial charge on any atom is 0.113 e. The van der Waals surface area contributed by atoms with E-state index < -0.39 is 0 Å². The Morgan fingerprint density at radius 1 is 1.18 bits per heavy atom. The van der Waals surface area contributed by atoms with Crippen LogP contribution in [0.15, 0.2) is 42.7 Å². The Bertz CT molecular complexity index is 659. The van der Waals surface area contributed by atoms with Crippen LogP contribution >= 0.6 is 0 Å². The first kappa shape index (κ1) is 9.92. The molecule has 5 heteroatoms. The van der Waals surface area contributed by atoms with Gasteiger partial charge in [-0.2, -0.15) is 0 Å². The molecule has 0 saturated carbocycles. The van der Waals surface area contributed by atoms with Crippen LogP contribution in [0, 0.1) is 0 Å². The normalized spacial score (nSPS) is 10.9. The summed E-state index contributed by atoms with van der Waals surface area (Å²) in [5, 5.41) is 8.28. The average Bonchev–Trinajstić information content (AvgIpc) is 2.82. The minimum atomic E-state index is 0.428. The molecule has 2 aromatic heterocycles. The highest BCUT2D eigenvalue weighted by Gasteiger charge is 2.08. The molecule has 0 aliphatic carbocycles. The lowest BCUT2D eigenvalue weighted by Gasteiger charge is -2.06. The standard InChI is InChI=1S/C12H11N5/c13-7-9-8-14-6-5-11(9)17-12-4-2-1-3-10(12)15-16-17/h1-6,8H,7,13H2. The van der Waals surface area contributed by atoms with E-state index in [0.717, 1.165) is 22.3 Å². The number of fused-ring (bicyclic) bond motifs is 1. The van der Waals surface area contributed by atoms with Gasteiger partial charge in [-0.25, -0.2) is 4.68 Å². The molecule has 3 rings (SSSR count). The van der Waals surface area contributed by atoms with Crippen LogP contribution in [0.1, 0.15) is 5.56 Å². The quantitative estimate of drug-likeness (QED) is 0.713. The molecule has 1 aromatic carbocycles. The maximum atomic E-state index is 5.70. The summed E-state index contributed by atoms with van der Waals surface area (Å²) >= 11 is 0. The number of nitrogens with two attached hydrogens (primary N) is 1. The van der Waals surface area contributed by atoms with Crippen molar-refractivity contribution < 1.29 is 0 Å². The minimum Gasteiger partial charge on any atom is -0.326 e. The van der Waals surface area contributed by atoms with Gasteiger partial charge in [0.15, 0.2) is 0 Å². The fourth-order valence-electron chi connectivity index (χ4n) is 1.83. The van der Waals surface area contributed by atoms with Crippen LogP contribution in [0.5, 0.6) is 0 Å². The second-order valence-electron chi connectivity index (χ2n) is 3.70. The van der Waals surface area contributed by atoms with Gasteiger partial charge in [0.1, 0.15) is 5.52 Å². The van der Waals surface area contributed by atoms with Crippen molar-refractivity contribution >= 4 is 11.0 Å². The van der Waals surface area contributed by atoms with E-state index in [1.165, 1.54) is 0 Å². The van der Waals surface area contributed by atoms with Gasteiger partial charge in [-0.3, -0.25) is 4.98 Å². The van der Waals surface area contributed by atoms with Crippen LogP contribution in [-0.4, -0.2) is 20.0 Å². The van der Waals surface area contributed by atoms with Gasteiger partial charge in [0, 0.05) is 24.5 Å². The number of aromatic nitrogens is 4. The highest BCUT2D eigenvalue weighted by Crippen LogP contribution is 2.18. The van der Waals surface area contributed by atoms with Gasteiger partial charge >= 0.3 is 0 Å². The summed E-state index contributed by atoms with van der Waals surface area (Å²) in [5.41, 5.74) is 9.41. The topological polar surface area (TPSA) is 69.6 Å². The van der Waals surface area contributed by atoms with Crippen LogP contribution in [0.3, 0.4) is 0 Å². The number of hydrogen-bond donors (Lipinski definition) is 1. The van der Waals surface area contributed by atoms with E-state index in [0.29, 0.717) is 6.54 Å². The molecule has 0 bridgehead atoms. The number of para-hydroxylation sites is 1. The van der Waals surface area contributed by atoms with Crippen molar-refractivity contribution in [3.63, 3.8) is 0 Å². The Hall–Kier alpha value is -2.27. The maximum absolute atomic E-state index is 5.70. The second kappa shape index (κ2) is 3.95. The molecule has 0 unspecified atom stereocenters. The van der Waals surface area contributed by atoms with Crippen LogP contribution in [0.4, 0.5) is 0 Å². The Balaban J connectivity index is 2.27. The zero-order valence-corrected chi connectivity index (χ0v) is 9.11. The van der Waals surface area contributed by atoms with Crippen LogP contribution in [-0.2, 0) is 6.54 Å². The van der Waals surface area contributed by atoms with Crippen molar-refractivity contribution in [2.24, 2.45) is 5.73 Å². The molecule has 0 aliphatic heterocycles. The molecule has 0 atom stereocenters. The van der Waals surface area contributed by atoms with E-state index in [9.17, 15) is 0 Å². The van der Waals surface area contributed by atoms with Crippen molar-refractivity contribution in [3.05, 3.63) is 48.3 Å². The first-order chi connectivity index (χ1) is 8.40. The van der Waals surface area contributed by atoms with Crippen LogP contribution in [0.25, 0.3) is 16.7 Å². The number of pyridine rings is 1.